The molecule has 5 heteroatoms. The number of benzene rings is 1. The Bertz CT molecular complexity index is 439. The SMILES string of the molecule is CSC1CCCCC1NCc1cc(F)c(F)cc1F. The summed E-state index contributed by atoms with van der Waals surface area (Å²) in [7, 11) is 0. The zero-order chi connectivity index (χ0) is 13.8. The van der Waals surface area contributed by atoms with Gasteiger partial charge < -0.3 is 5.32 Å². The van der Waals surface area contributed by atoms with Gasteiger partial charge in [0.15, 0.2) is 11.6 Å². The fraction of sp³-hybridized carbons (Fsp3) is 0.571. The van der Waals surface area contributed by atoms with Gasteiger partial charge in [-0.15, -0.1) is 0 Å². The van der Waals surface area contributed by atoms with Crippen LogP contribution in [0.25, 0.3) is 0 Å². The Labute approximate surface area is 116 Å². The summed E-state index contributed by atoms with van der Waals surface area (Å²) in [6, 6.07) is 1.87. The molecule has 1 fully saturated rings. The summed E-state index contributed by atoms with van der Waals surface area (Å²) in [5, 5.41) is 3.79. The van der Waals surface area contributed by atoms with Gasteiger partial charge in [0.2, 0.25) is 0 Å². The van der Waals surface area contributed by atoms with Crippen LogP contribution in [0.2, 0.25) is 0 Å². The lowest BCUT2D eigenvalue weighted by atomic mass is 9.94. The maximum atomic E-state index is 13.5. The van der Waals surface area contributed by atoms with Gasteiger partial charge in [-0.3, -0.25) is 0 Å². The topological polar surface area (TPSA) is 12.0 Å². The summed E-state index contributed by atoms with van der Waals surface area (Å²) in [6.45, 7) is 0.241. The molecule has 1 aliphatic carbocycles. The Morgan fingerprint density at radius 1 is 1.11 bits per heavy atom. The van der Waals surface area contributed by atoms with E-state index >= 15 is 0 Å². The Balaban J connectivity index is 1.99. The molecule has 19 heavy (non-hydrogen) atoms. The summed E-state index contributed by atoms with van der Waals surface area (Å²) in [5.41, 5.74) is 0.185. The quantitative estimate of drug-likeness (QED) is 0.845. The molecule has 0 aliphatic heterocycles. The molecular formula is C14H18F3NS. The number of rotatable bonds is 4. The van der Waals surface area contributed by atoms with Gasteiger partial charge in [0, 0.05) is 29.5 Å². The van der Waals surface area contributed by atoms with Crippen molar-refractivity contribution < 1.29 is 13.2 Å². The highest BCUT2D eigenvalue weighted by Crippen LogP contribution is 2.27. The summed E-state index contributed by atoms with van der Waals surface area (Å²) in [4.78, 5) is 0. The average molecular weight is 289 g/mol. The highest BCUT2D eigenvalue weighted by molar-refractivity contribution is 7.99. The van der Waals surface area contributed by atoms with Crippen LogP contribution in [0.4, 0.5) is 13.2 Å². The first-order valence-electron chi connectivity index (χ1n) is 6.51. The first kappa shape index (κ1) is 14.7. The average Bonchev–Trinajstić information content (AvgIpc) is 2.41. The molecule has 0 amide bonds. The minimum Gasteiger partial charge on any atom is -0.309 e. The molecule has 0 radical (unpaired) electrons. The lowest BCUT2D eigenvalue weighted by molar-refractivity contribution is 0.379. The van der Waals surface area contributed by atoms with Crippen molar-refractivity contribution in [2.75, 3.05) is 6.26 Å². The zero-order valence-electron chi connectivity index (χ0n) is 10.9. The first-order valence-corrected chi connectivity index (χ1v) is 7.80. The van der Waals surface area contributed by atoms with Crippen molar-refractivity contribution in [2.24, 2.45) is 0 Å². The van der Waals surface area contributed by atoms with E-state index in [1.165, 1.54) is 6.42 Å². The highest BCUT2D eigenvalue weighted by atomic mass is 32.2. The molecule has 1 aromatic rings. The largest absolute Gasteiger partial charge is 0.309 e. The zero-order valence-corrected chi connectivity index (χ0v) is 11.7. The second kappa shape index (κ2) is 6.66. The molecule has 0 heterocycles. The highest BCUT2D eigenvalue weighted by Gasteiger charge is 2.24. The Kier molecular flexibility index (Phi) is 5.16. The number of hydrogen-bond acceptors (Lipinski definition) is 2. The van der Waals surface area contributed by atoms with Crippen LogP contribution in [0.15, 0.2) is 12.1 Å². The second-order valence-electron chi connectivity index (χ2n) is 4.90. The molecule has 1 saturated carbocycles. The summed E-state index contributed by atoms with van der Waals surface area (Å²) in [6.07, 6.45) is 6.66. The van der Waals surface area contributed by atoms with Crippen molar-refractivity contribution in [3.8, 4) is 0 Å². The van der Waals surface area contributed by atoms with Crippen molar-refractivity contribution in [1.29, 1.82) is 0 Å². The van der Waals surface area contributed by atoms with Crippen LogP contribution in [-0.2, 0) is 6.54 Å². The Hall–Kier alpha value is -0.680. The van der Waals surface area contributed by atoms with Crippen LogP contribution in [0.5, 0.6) is 0 Å². The lowest BCUT2D eigenvalue weighted by Gasteiger charge is -2.31. The molecule has 1 N–H and O–H groups in total. The third-order valence-electron chi connectivity index (χ3n) is 3.65. The molecule has 0 saturated heterocycles. The van der Waals surface area contributed by atoms with E-state index < -0.39 is 17.5 Å². The molecule has 2 atom stereocenters. The van der Waals surface area contributed by atoms with E-state index in [4.69, 9.17) is 0 Å². The van der Waals surface area contributed by atoms with Crippen LogP contribution in [0, 0.1) is 17.5 Å². The molecule has 2 unspecified atom stereocenters. The smallest absolute Gasteiger partial charge is 0.161 e. The molecule has 0 spiro atoms. The minimum absolute atomic E-state index is 0.185. The predicted octanol–water partition coefficient (Wildman–Crippen LogP) is 3.87. The third-order valence-corrected chi connectivity index (χ3v) is 4.82. The van der Waals surface area contributed by atoms with E-state index in [0.29, 0.717) is 17.4 Å². The lowest BCUT2D eigenvalue weighted by Crippen LogP contribution is -2.40. The van der Waals surface area contributed by atoms with Crippen molar-refractivity contribution in [1.82, 2.24) is 5.32 Å². The van der Waals surface area contributed by atoms with E-state index in [1.807, 2.05) is 11.8 Å². The Morgan fingerprint density at radius 2 is 1.79 bits per heavy atom. The van der Waals surface area contributed by atoms with Gasteiger partial charge in [0.25, 0.3) is 0 Å². The van der Waals surface area contributed by atoms with Gasteiger partial charge in [-0.2, -0.15) is 11.8 Å². The van der Waals surface area contributed by atoms with Crippen molar-refractivity contribution >= 4 is 11.8 Å². The molecule has 2 rings (SSSR count). The fourth-order valence-corrected chi connectivity index (χ4v) is 3.52. The van der Waals surface area contributed by atoms with Crippen LogP contribution in [-0.4, -0.2) is 17.5 Å². The van der Waals surface area contributed by atoms with E-state index in [2.05, 4.69) is 11.6 Å². The summed E-state index contributed by atoms with van der Waals surface area (Å²) in [5.74, 6) is -2.83. The maximum absolute atomic E-state index is 13.5. The number of hydrogen-bond donors (Lipinski definition) is 1. The summed E-state index contributed by atoms with van der Waals surface area (Å²) >= 11 is 1.81. The molecule has 106 valence electrons. The minimum atomic E-state index is -1.14. The van der Waals surface area contributed by atoms with E-state index in [0.717, 1.165) is 25.3 Å². The van der Waals surface area contributed by atoms with Gasteiger partial charge in [-0.05, 0) is 25.2 Å². The van der Waals surface area contributed by atoms with Crippen molar-refractivity contribution in [3.05, 3.63) is 35.1 Å². The number of nitrogens with one attached hydrogen (secondary N) is 1. The standard InChI is InChI=1S/C14H18F3NS/c1-19-14-5-3-2-4-13(14)18-8-9-6-11(16)12(17)7-10(9)15/h6-7,13-14,18H,2-5,8H2,1H3. The Morgan fingerprint density at radius 3 is 2.53 bits per heavy atom. The normalized spacial score (nSPS) is 23.6. The fourth-order valence-electron chi connectivity index (χ4n) is 2.55. The molecule has 1 aromatic carbocycles. The van der Waals surface area contributed by atoms with Crippen LogP contribution in [0.3, 0.4) is 0 Å². The van der Waals surface area contributed by atoms with Crippen molar-refractivity contribution in [3.63, 3.8) is 0 Å². The van der Waals surface area contributed by atoms with Gasteiger partial charge in [0.1, 0.15) is 5.82 Å². The van der Waals surface area contributed by atoms with E-state index in [9.17, 15) is 13.2 Å². The van der Waals surface area contributed by atoms with Gasteiger partial charge in [-0.25, -0.2) is 13.2 Å². The van der Waals surface area contributed by atoms with E-state index in [1.54, 1.807) is 0 Å². The predicted molar refractivity (Wildman–Crippen MR) is 72.7 cm³/mol. The van der Waals surface area contributed by atoms with Gasteiger partial charge in [-0.1, -0.05) is 12.8 Å². The van der Waals surface area contributed by atoms with Crippen LogP contribution >= 0.6 is 11.8 Å². The monoisotopic (exact) mass is 289 g/mol. The number of thioether (sulfide) groups is 1. The van der Waals surface area contributed by atoms with Crippen molar-refractivity contribution in [2.45, 2.75) is 43.5 Å². The summed E-state index contributed by atoms with van der Waals surface area (Å²) < 4.78 is 39.4. The molecule has 1 nitrogen and oxygen atoms in total. The third kappa shape index (κ3) is 3.66. The molecule has 1 aliphatic rings. The van der Waals surface area contributed by atoms with Gasteiger partial charge in [0.05, 0.1) is 0 Å². The van der Waals surface area contributed by atoms with Crippen LogP contribution < -0.4 is 5.32 Å². The van der Waals surface area contributed by atoms with E-state index in [-0.39, 0.29) is 12.1 Å². The molecule has 0 aromatic heterocycles. The van der Waals surface area contributed by atoms with Gasteiger partial charge >= 0.3 is 0 Å². The second-order valence-corrected chi connectivity index (χ2v) is 5.98. The first-order chi connectivity index (χ1) is 9.11. The maximum Gasteiger partial charge on any atom is 0.161 e. The number of halogens is 3. The molecule has 0 bridgehead atoms. The molecular weight excluding hydrogens is 271 g/mol. The van der Waals surface area contributed by atoms with Crippen LogP contribution in [0.1, 0.15) is 31.2 Å².